The highest BCUT2D eigenvalue weighted by Gasteiger charge is 2.21. The number of hydrogen-bond donors (Lipinski definition) is 1. The zero-order valence-corrected chi connectivity index (χ0v) is 18.3. The molecular formula is C28H21N5O. The summed E-state index contributed by atoms with van der Waals surface area (Å²) in [6, 6.07) is 29.4. The van der Waals surface area contributed by atoms with Crippen molar-refractivity contribution < 1.29 is 4.79 Å². The molecule has 164 valence electrons. The van der Waals surface area contributed by atoms with Gasteiger partial charge in [-0.2, -0.15) is 5.26 Å². The molecule has 6 heteroatoms. The number of fused-ring (bicyclic) bond motifs is 2. The van der Waals surface area contributed by atoms with Gasteiger partial charge in [0.05, 0.1) is 11.0 Å². The van der Waals surface area contributed by atoms with E-state index in [2.05, 4.69) is 23.5 Å². The fourth-order valence-electron chi connectivity index (χ4n) is 3.93. The Morgan fingerprint density at radius 1 is 0.912 bits per heavy atom. The van der Waals surface area contributed by atoms with Crippen molar-refractivity contribution in [1.29, 1.82) is 5.26 Å². The van der Waals surface area contributed by atoms with E-state index in [0.29, 0.717) is 41.0 Å². The fraction of sp³-hybridized carbons (Fsp3) is 0.0714. The molecule has 34 heavy (non-hydrogen) atoms. The first kappa shape index (κ1) is 21.1. The Hall–Kier alpha value is -4.76. The van der Waals surface area contributed by atoms with Gasteiger partial charge in [0, 0.05) is 12.6 Å². The zero-order chi connectivity index (χ0) is 23.3. The van der Waals surface area contributed by atoms with Gasteiger partial charge in [0.25, 0.3) is 0 Å². The van der Waals surface area contributed by atoms with Gasteiger partial charge in [-0.15, -0.1) is 0 Å². The van der Waals surface area contributed by atoms with Crippen LogP contribution in [-0.4, -0.2) is 20.4 Å². The van der Waals surface area contributed by atoms with E-state index in [1.54, 1.807) is 6.08 Å². The van der Waals surface area contributed by atoms with Crippen molar-refractivity contribution in [3.05, 3.63) is 108 Å². The maximum absolute atomic E-state index is 12.8. The zero-order valence-electron chi connectivity index (χ0n) is 18.3. The number of rotatable bonds is 6. The quantitative estimate of drug-likeness (QED) is 0.359. The number of hydrogen-bond acceptors (Lipinski definition) is 4. The van der Waals surface area contributed by atoms with E-state index in [-0.39, 0.29) is 5.91 Å². The van der Waals surface area contributed by atoms with Crippen LogP contribution in [0.1, 0.15) is 16.7 Å². The molecule has 0 fully saturated rings. The van der Waals surface area contributed by atoms with E-state index in [4.69, 9.17) is 9.97 Å². The molecular weight excluding hydrogens is 422 g/mol. The maximum Gasteiger partial charge on any atom is 0.249 e. The van der Waals surface area contributed by atoms with E-state index in [9.17, 15) is 10.1 Å². The second-order valence-electron chi connectivity index (χ2n) is 7.84. The summed E-state index contributed by atoms with van der Waals surface area (Å²) >= 11 is 0. The number of benzene rings is 3. The summed E-state index contributed by atoms with van der Waals surface area (Å²) in [5, 5.41) is 12.9. The number of anilines is 1. The molecule has 6 nitrogen and oxygen atoms in total. The predicted molar refractivity (Wildman–Crippen MR) is 134 cm³/mol. The minimum atomic E-state index is -0.325. The lowest BCUT2D eigenvalue weighted by atomic mass is 10.1. The molecule has 1 amide bonds. The van der Waals surface area contributed by atoms with Crippen LogP contribution in [0.2, 0.25) is 0 Å². The lowest BCUT2D eigenvalue weighted by molar-refractivity contribution is -0.111. The normalized spacial score (nSPS) is 11.1. The van der Waals surface area contributed by atoms with E-state index in [1.165, 1.54) is 6.08 Å². The molecule has 0 atom stereocenters. The van der Waals surface area contributed by atoms with Crippen LogP contribution < -0.4 is 5.32 Å². The lowest BCUT2D eigenvalue weighted by Gasteiger charge is -2.11. The van der Waals surface area contributed by atoms with Crippen LogP contribution in [0.4, 0.5) is 5.82 Å². The summed E-state index contributed by atoms with van der Waals surface area (Å²) in [6.07, 6.45) is 3.92. The Balaban J connectivity index is 1.57. The third-order valence-electron chi connectivity index (χ3n) is 5.60. The molecule has 3 aromatic carbocycles. The van der Waals surface area contributed by atoms with Gasteiger partial charge >= 0.3 is 0 Å². The number of nitrogens with one attached hydrogen (secondary N) is 1. The van der Waals surface area contributed by atoms with Crippen LogP contribution in [0.5, 0.6) is 0 Å². The molecule has 0 aliphatic rings. The van der Waals surface area contributed by atoms with Gasteiger partial charge in [-0.05, 0) is 35.8 Å². The summed E-state index contributed by atoms with van der Waals surface area (Å²) in [5.74, 6) is 0.0834. The lowest BCUT2D eigenvalue weighted by Crippen LogP contribution is -2.14. The second kappa shape index (κ2) is 9.39. The molecule has 1 N–H and O–H groups in total. The highest BCUT2D eigenvalue weighted by Crippen LogP contribution is 2.29. The molecule has 5 rings (SSSR count). The Labute approximate surface area is 196 Å². The number of nitriles is 1. The van der Waals surface area contributed by atoms with Crippen molar-refractivity contribution in [2.75, 3.05) is 5.32 Å². The van der Waals surface area contributed by atoms with Crippen molar-refractivity contribution in [3.8, 4) is 6.07 Å². The van der Waals surface area contributed by atoms with E-state index < -0.39 is 0 Å². The number of para-hydroxylation sites is 2. The van der Waals surface area contributed by atoms with Gasteiger partial charge in [-0.3, -0.25) is 4.79 Å². The summed E-state index contributed by atoms with van der Waals surface area (Å²) in [7, 11) is 0. The van der Waals surface area contributed by atoms with Crippen molar-refractivity contribution in [2.45, 2.75) is 13.0 Å². The van der Waals surface area contributed by atoms with Gasteiger partial charge in [0.1, 0.15) is 23.0 Å². The van der Waals surface area contributed by atoms with Crippen LogP contribution in [0, 0.1) is 11.3 Å². The Morgan fingerprint density at radius 3 is 2.26 bits per heavy atom. The first-order valence-electron chi connectivity index (χ1n) is 11.0. The molecule has 0 saturated carbocycles. The van der Waals surface area contributed by atoms with Crippen molar-refractivity contribution in [1.82, 2.24) is 14.5 Å². The highest BCUT2D eigenvalue weighted by molar-refractivity contribution is 6.05. The molecule has 0 aliphatic carbocycles. The van der Waals surface area contributed by atoms with E-state index in [1.807, 2.05) is 77.4 Å². The average Bonchev–Trinajstić information content (AvgIpc) is 3.16. The first-order valence-corrected chi connectivity index (χ1v) is 11.0. The number of carbonyl (C=O) groups excluding carboxylic acids is 1. The van der Waals surface area contributed by atoms with Crippen molar-refractivity contribution >= 4 is 40.0 Å². The van der Waals surface area contributed by atoms with Gasteiger partial charge < -0.3 is 9.88 Å². The Kier molecular flexibility index (Phi) is 5.83. The topological polar surface area (TPSA) is 83.6 Å². The summed E-state index contributed by atoms with van der Waals surface area (Å²) in [6.45, 7) is 0.535. The molecule has 0 bridgehead atoms. The molecule has 0 radical (unpaired) electrons. The summed E-state index contributed by atoms with van der Waals surface area (Å²) in [5.41, 5.74) is 4.87. The third-order valence-corrected chi connectivity index (χ3v) is 5.60. The molecule has 2 aromatic heterocycles. The minimum absolute atomic E-state index is 0.308. The van der Waals surface area contributed by atoms with Crippen LogP contribution in [-0.2, 0) is 17.8 Å². The molecule has 0 unspecified atom stereocenters. The van der Waals surface area contributed by atoms with Crippen molar-refractivity contribution in [3.63, 3.8) is 0 Å². The smallest absolute Gasteiger partial charge is 0.249 e. The van der Waals surface area contributed by atoms with Gasteiger partial charge in [0.2, 0.25) is 5.91 Å². The second-order valence-corrected chi connectivity index (χ2v) is 7.84. The maximum atomic E-state index is 12.8. The number of amides is 1. The minimum Gasteiger partial charge on any atom is -0.309 e. The predicted octanol–water partition coefficient (Wildman–Crippen LogP) is 5.35. The number of aryl methyl sites for hydroxylation is 2. The van der Waals surface area contributed by atoms with Gasteiger partial charge in [-0.1, -0.05) is 72.8 Å². The largest absolute Gasteiger partial charge is 0.309 e. The van der Waals surface area contributed by atoms with Crippen LogP contribution in [0.15, 0.2) is 91.0 Å². The molecule has 2 heterocycles. The van der Waals surface area contributed by atoms with Crippen molar-refractivity contribution in [2.24, 2.45) is 0 Å². The highest BCUT2D eigenvalue weighted by atomic mass is 16.1. The number of nitrogens with zero attached hydrogens (tertiary/aromatic N) is 4. The first-order chi connectivity index (χ1) is 16.7. The molecule has 5 aromatic rings. The fourth-order valence-corrected chi connectivity index (χ4v) is 3.93. The Morgan fingerprint density at radius 2 is 1.56 bits per heavy atom. The van der Waals surface area contributed by atoms with Crippen LogP contribution in [0.25, 0.3) is 28.3 Å². The average molecular weight is 444 g/mol. The number of aromatic nitrogens is 3. The monoisotopic (exact) mass is 443 g/mol. The third kappa shape index (κ3) is 4.27. The SMILES string of the molecule is N#Cc1c(NC(=O)C=Cc2ccccc2)n(CCc2ccccc2)c2nc3ccccc3nc12. The standard InChI is InChI=1S/C28H21N5O/c29-19-22-26-28(31-24-14-8-7-13-23(24)30-26)33(18-17-21-11-5-2-6-12-21)27(22)32-25(34)16-15-20-9-3-1-4-10-20/h1-16H,17-18H2,(H,32,34). The molecule has 0 spiro atoms. The van der Waals surface area contributed by atoms with Crippen LogP contribution in [0.3, 0.4) is 0 Å². The van der Waals surface area contributed by atoms with E-state index in [0.717, 1.165) is 16.6 Å². The molecule has 0 aliphatic heterocycles. The van der Waals surface area contributed by atoms with Crippen LogP contribution >= 0.6 is 0 Å². The molecule has 0 saturated heterocycles. The number of carbonyl (C=O) groups is 1. The summed E-state index contributed by atoms with van der Waals surface area (Å²) < 4.78 is 1.88. The van der Waals surface area contributed by atoms with Gasteiger partial charge in [-0.25, -0.2) is 9.97 Å². The summed E-state index contributed by atoms with van der Waals surface area (Å²) in [4.78, 5) is 22.3. The Bertz CT molecular complexity index is 1550. The van der Waals surface area contributed by atoms with Gasteiger partial charge in [0.15, 0.2) is 5.65 Å². The van der Waals surface area contributed by atoms with E-state index >= 15 is 0 Å².